The lowest BCUT2D eigenvalue weighted by Crippen LogP contribution is -2.45. The Labute approximate surface area is 178 Å². The summed E-state index contributed by atoms with van der Waals surface area (Å²) in [5, 5.41) is 3.88. The summed E-state index contributed by atoms with van der Waals surface area (Å²) in [6.07, 6.45) is 13.2. The third kappa shape index (κ3) is 3.20. The minimum absolute atomic E-state index is 0.295. The van der Waals surface area contributed by atoms with Crippen molar-refractivity contribution in [1.82, 2.24) is 5.32 Å². The van der Waals surface area contributed by atoms with E-state index in [9.17, 15) is 4.79 Å². The van der Waals surface area contributed by atoms with Crippen LogP contribution in [0.5, 0.6) is 0 Å². The van der Waals surface area contributed by atoms with Crippen LogP contribution in [0.1, 0.15) is 85.5 Å². The van der Waals surface area contributed by atoms with Crippen molar-refractivity contribution in [1.29, 1.82) is 0 Å². The number of fused-ring (bicyclic) bond motifs is 5. The highest BCUT2D eigenvalue weighted by atomic mass is 16.1. The molecule has 5 aliphatic rings. The quantitative estimate of drug-likeness (QED) is 0.574. The van der Waals surface area contributed by atoms with E-state index in [1.165, 1.54) is 50.6 Å². The molecule has 1 N–H and O–H groups in total. The number of hydrogen-bond donors (Lipinski definition) is 1. The van der Waals surface area contributed by atoms with Gasteiger partial charge >= 0.3 is 0 Å². The molecule has 1 heterocycles. The Balaban J connectivity index is 1.38. The molecule has 8 atom stereocenters. The largest absolute Gasteiger partial charge is 0.313 e. The molecule has 2 nitrogen and oxygen atoms in total. The average molecular weight is 396 g/mol. The molecule has 0 amide bonds. The molecule has 160 valence electrons. The van der Waals surface area contributed by atoms with Gasteiger partial charge in [-0.25, -0.2) is 0 Å². The number of carbonyl (C=O) groups excluding carboxylic acids is 1. The summed E-state index contributed by atoms with van der Waals surface area (Å²) in [6, 6.07) is 0.710. The molecule has 1 saturated heterocycles. The second kappa shape index (κ2) is 7.36. The number of ketones is 1. The Morgan fingerprint density at radius 2 is 2.03 bits per heavy atom. The van der Waals surface area contributed by atoms with E-state index >= 15 is 0 Å². The molecular weight excluding hydrogens is 354 g/mol. The number of rotatable bonds is 2. The monoisotopic (exact) mass is 395 g/mol. The van der Waals surface area contributed by atoms with Gasteiger partial charge in [0, 0.05) is 18.9 Å². The summed E-state index contributed by atoms with van der Waals surface area (Å²) in [6.45, 7) is 11.1. The van der Waals surface area contributed by atoms with E-state index in [1.807, 2.05) is 5.57 Å². The zero-order chi connectivity index (χ0) is 20.3. The van der Waals surface area contributed by atoms with Gasteiger partial charge in [0.2, 0.25) is 0 Å². The molecule has 5 rings (SSSR count). The van der Waals surface area contributed by atoms with E-state index in [0.29, 0.717) is 17.2 Å². The number of hydrogen-bond acceptors (Lipinski definition) is 2. The molecule has 0 spiro atoms. The molecule has 0 radical (unpaired) electrons. The SMILES string of the molecule is CC1=C2C[C@H]3[C@@H](CC=C4CC(=O)CC[C@@]43C)[C@@H]2CC[C@H]1[C@H](C)[C@H]1CC[C@H](C)CN1. The van der Waals surface area contributed by atoms with Crippen LogP contribution in [0, 0.1) is 40.9 Å². The second-order valence-corrected chi connectivity index (χ2v) is 11.6. The van der Waals surface area contributed by atoms with Crippen molar-refractivity contribution in [3.8, 4) is 0 Å². The van der Waals surface area contributed by atoms with Crippen LogP contribution in [-0.2, 0) is 4.79 Å². The van der Waals surface area contributed by atoms with Crippen LogP contribution in [0.3, 0.4) is 0 Å². The fraction of sp³-hybridized carbons (Fsp3) is 0.815. The summed E-state index contributed by atoms with van der Waals surface area (Å²) in [5.41, 5.74) is 5.40. The first-order chi connectivity index (χ1) is 13.9. The van der Waals surface area contributed by atoms with Crippen LogP contribution in [0.2, 0.25) is 0 Å². The Kier molecular flexibility index (Phi) is 5.09. The van der Waals surface area contributed by atoms with Gasteiger partial charge in [-0.1, -0.05) is 43.6 Å². The van der Waals surface area contributed by atoms with Crippen molar-refractivity contribution in [2.45, 2.75) is 91.5 Å². The van der Waals surface area contributed by atoms with Gasteiger partial charge in [-0.3, -0.25) is 4.79 Å². The predicted octanol–water partition coefficient (Wildman–Crippen LogP) is 6.08. The number of nitrogens with one attached hydrogen (secondary N) is 1. The molecular formula is C27H41NO. The summed E-state index contributed by atoms with van der Waals surface area (Å²) < 4.78 is 0. The van der Waals surface area contributed by atoms with Crippen molar-refractivity contribution in [3.05, 3.63) is 22.8 Å². The van der Waals surface area contributed by atoms with Crippen LogP contribution in [-0.4, -0.2) is 18.4 Å². The second-order valence-electron chi connectivity index (χ2n) is 11.6. The Bertz CT molecular complexity index is 740. The van der Waals surface area contributed by atoms with Gasteiger partial charge < -0.3 is 5.32 Å². The highest BCUT2D eigenvalue weighted by molar-refractivity contribution is 5.82. The molecule has 0 aromatic heterocycles. The molecule has 0 aromatic carbocycles. The Hall–Kier alpha value is -0.890. The summed E-state index contributed by atoms with van der Waals surface area (Å²) in [7, 11) is 0. The fourth-order valence-electron chi connectivity index (χ4n) is 8.24. The standard InChI is InChI=1S/C27H41NO/c1-16-5-10-26(28-15-16)18(3)21-8-9-22-23-7-6-19-13-20(29)11-12-27(19,4)25(23)14-24(22)17(21)2/h6,16,18,21-23,25-26,28H,5,7-15H2,1-4H3/t16-,18-,21+,22-,23-,25-,26+,27-/m0/s1. The molecule has 0 aromatic rings. The van der Waals surface area contributed by atoms with Crippen LogP contribution in [0.4, 0.5) is 0 Å². The highest BCUT2D eigenvalue weighted by Gasteiger charge is 2.54. The van der Waals surface area contributed by atoms with Crippen molar-refractivity contribution < 1.29 is 4.79 Å². The van der Waals surface area contributed by atoms with Crippen molar-refractivity contribution in [2.75, 3.05) is 6.54 Å². The zero-order valence-electron chi connectivity index (χ0n) is 19.1. The van der Waals surface area contributed by atoms with E-state index in [4.69, 9.17) is 0 Å². The maximum atomic E-state index is 12.1. The first kappa shape index (κ1) is 20.0. The number of allylic oxidation sites excluding steroid dienone is 4. The molecule has 2 saturated carbocycles. The fourth-order valence-corrected chi connectivity index (χ4v) is 8.24. The van der Waals surface area contributed by atoms with Crippen LogP contribution < -0.4 is 5.32 Å². The average Bonchev–Trinajstić information content (AvgIpc) is 3.10. The van der Waals surface area contributed by atoms with E-state index in [2.05, 4.69) is 39.1 Å². The molecule has 0 unspecified atom stereocenters. The van der Waals surface area contributed by atoms with Crippen LogP contribution in [0.15, 0.2) is 22.8 Å². The molecule has 2 heteroatoms. The predicted molar refractivity (Wildman–Crippen MR) is 120 cm³/mol. The normalized spacial score (nSPS) is 45.9. The van der Waals surface area contributed by atoms with Gasteiger partial charge in [0.1, 0.15) is 5.78 Å². The maximum absolute atomic E-state index is 12.1. The topological polar surface area (TPSA) is 29.1 Å². The van der Waals surface area contributed by atoms with Gasteiger partial charge in [-0.2, -0.15) is 0 Å². The number of carbonyl (C=O) groups is 1. The molecule has 0 bridgehead atoms. The summed E-state index contributed by atoms with van der Waals surface area (Å²) >= 11 is 0. The van der Waals surface area contributed by atoms with Gasteiger partial charge in [0.15, 0.2) is 0 Å². The number of piperidine rings is 1. The van der Waals surface area contributed by atoms with Gasteiger partial charge in [0.05, 0.1) is 0 Å². The van der Waals surface area contributed by atoms with E-state index in [1.54, 1.807) is 5.57 Å². The van der Waals surface area contributed by atoms with Crippen LogP contribution in [0.25, 0.3) is 0 Å². The third-order valence-corrected chi connectivity index (χ3v) is 10.2. The van der Waals surface area contributed by atoms with Crippen molar-refractivity contribution in [3.63, 3.8) is 0 Å². The molecule has 29 heavy (non-hydrogen) atoms. The minimum atomic E-state index is 0.295. The van der Waals surface area contributed by atoms with Crippen molar-refractivity contribution >= 4 is 5.78 Å². The lowest BCUT2D eigenvalue weighted by Gasteiger charge is -2.47. The minimum Gasteiger partial charge on any atom is -0.313 e. The first-order valence-electron chi connectivity index (χ1n) is 12.5. The summed E-state index contributed by atoms with van der Waals surface area (Å²) in [4.78, 5) is 12.1. The number of Topliss-reactive ketones (excluding diaryl/α,β-unsaturated/α-hetero) is 1. The van der Waals surface area contributed by atoms with E-state index < -0.39 is 0 Å². The van der Waals surface area contributed by atoms with E-state index in [-0.39, 0.29) is 0 Å². The third-order valence-electron chi connectivity index (χ3n) is 10.2. The van der Waals surface area contributed by atoms with Crippen LogP contribution >= 0.6 is 0 Å². The van der Waals surface area contributed by atoms with E-state index in [0.717, 1.165) is 54.8 Å². The summed E-state index contributed by atoms with van der Waals surface area (Å²) in [5.74, 6) is 5.31. The first-order valence-corrected chi connectivity index (χ1v) is 12.5. The highest BCUT2D eigenvalue weighted by Crippen LogP contribution is 2.63. The Morgan fingerprint density at radius 3 is 2.79 bits per heavy atom. The maximum Gasteiger partial charge on any atom is 0.136 e. The lowest BCUT2D eigenvalue weighted by atomic mass is 9.57. The molecule has 3 fully saturated rings. The van der Waals surface area contributed by atoms with Crippen molar-refractivity contribution in [2.24, 2.45) is 40.9 Å². The lowest BCUT2D eigenvalue weighted by molar-refractivity contribution is -0.121. The van der Waals surface area contributed by atoms with Gasteiger partial charge in [-0.05, 0) is 99.3 Å². The van der Waals surface area contributed by atoms with Gasteiger partial charge in [0.25, 0.3) is 0 Å². The molecule has 1 aliphatic heterocycles. The smallest absolute Gasteiger partial charge is 0.136 e. The zero-order valence-corrected chi connectivity index (χ0v) is 19.1. The Morgan fingerprint density at radius 1 is 1.21 bits per heavy atom. The molecule has 4 aliphatic carbocycles. The van der Waals surface area contributed by atoms with Gasteiger partial charge in [-0.15, -0.1) is 0 Å².